The first-order chi connectivity index (χ1) is 9.97. The van der Waals surface area contributed by atoms with Gasteiger partial charge in [0.25, 0.3) is 5.91 Å². The Kier molecular flexibility index (Phi) is 4.59. The predicted octanol–water partition coefficient (Wildman–Crippen LogP) is 2.66. The monoisotopic (exact) mass is 348 g/mol. The molecule has 0 aliphatic carbocycles. The zero-order valence-electron chi connectivity index (χ0n) is 11.0. The van der Waals surface area contributed by atoms with Gasteiger partial charge in [-0.15, -0.1) is 0 Å². The van der Waals surface area contributed by atoms with E-state index in [1.165, 1.54) is 12.1 Å². The third-order valence-electron chi connectivity index (χ3n) is 2.89. The van der Waals surface area contributed by atoms with Crippen LogP contribution < -0.4 is 11.1 Å². The van der Waals surface area contributed by atoms with Gasteiger partial charge in [-0.3, -0.25) is 4.79 Å². The van der Waals surface area contributed by atoms with Crippen LogP contribution in [0.4, 0.5) is 5.69 Å². The van der Waals surface area contributed by atoms with Gasteiger partial charge in [0.15, 0.2) is 0 Å². The maximum absolute atomic E-state index is 12.0. The number of nitrogens with two attached hydrogens (primary N) is 1. The quantitative estimate of drug-likeness (QED) is 0.740. The minimum Gasteiger partial charge on any atom is -0.478 e. The SMILES string of the molecule is Nc1ccc(C(=O)NCc2cccc(C(=O)O)c2)cc1Br. The zero-order chi connectivity index (χ0) is 15.4. The summed E-state index contributed by atoms with van der Waals surface area (Å²) in [5, 5.41) is 11.7. The summed E-state index contributed by atoms with van der Waals surface area (Å²) in [6, 6.07) is 11.3. The molecule has 2 rings (SSSR count). The van der Waals surface area contributed by atoms with Crippen LogP contribution in [-0.2, 0) is 6.54 Å². The highest BCUT2D eigenvalue weighted by molar-refractivity contribution is 9.10. The maximum Gasteiger partial charge on any atom is 0.335 e. The minimum absolute atomic E-state index is 0.192. The summed E-state index contributed by atoms with van der Waals surface area (Å²) in [5.74, 6) is -1.25. The van der Waals surface area contributed by atoms with Gasteiger partial charge >= 0.3 is 5.97 Å². The highest BCUT2D eigenvalue weighted by Gasteiger charge is 2.08. The Hall–Kier alpha value is -2.34. The molecule has 2 aromatic carbocycles. The predicted molar refractivity (Wildman–Crippen MR) is 83.1 cm³/mol. The lowest BCUT2D eigenvalue weighted by atomic mass is 10.1. The number of anilines is 1. The van der Waals surface area contributed by atoms with Crippen molar-refractivity contribution in [3.05, 3.63) is 63.6 Å². The van der Waals surface area contributed by atoms with Crippen LogP contribution in [-0.4, -0.2) is 17.0 Å². The highest BCUT2D eigenvalue weighted by atomic mass is 79.9. The van der Waals surface area contributed by atoms with E-state index in [9.17, 15) is 9.59 Å². The summed E-state index contributed by atoms with van der Waals surface area (Å²) in [7, 11) is 0. The van der Waals surface area contributed by atoms with Crippen LogP contribution in [0.2, 0.25) is 0 Å². The van der Waals surface area contributed by atoms with E-state index in [-0.39, 0.29) is 18.0 Å². The summed E-state index contributed by atoms with van der Waals surface area (Å²) in [6.45, 7) is 0.252. The number of carboxylic acid groups (broad SMARTS) is 1. The molecule has 0 saturated heterocycles. The molecule has 21 heavy (non-hydrogen) atoms. The second kappa shape index (κ2) is 6.41. The number of hydrogen-bond acceptors (Lipinski definition) is 3. The van der Waals surface area contributed by atoms with Crippen molar-refractivity contribution in [3.63, 3.8) is 0 Å². The molecule has 0 aliphatic rings. The fourth-order valence-electron chi connectivity index (χ4n) is 1.77. The molecule has 0 aliphatic heterocycles. The third-order valence-corrected chi connectivity index (χ3v) is 3.58. The first-order valence-corrected chi connectivity index (χ1v) is 6.92. The standard InChI is InChI=1S/C15H13BrN2O3/c16-12-7-10(4-5-13(12)17)14(19)18-8-9-2-1-3-11(6-9)15(20)21/h1-7H,8,17H2,(H,18,19)(H,20,21). The molecule has 0 bridgehead atoms. The lowest BCUT2D eigenvalue weighted by molar-refractivity contribution is 0.0696. The van der Waals surface area contributed by atoms with Crippen molar-refractivity contribution in [1.82, 2.24) is 5.32 Å². The van der Waals surface area contributed by atoms with E-state index < -0.39 is 5.97 Å². The van der Waals surface area contributed by atoms with Crippen molar-refractivity contribution in [2.75, 3.05) is 5.73 Å². The number of carboxylic acids is 1. The van der Waals surface area contributed by atoms with Crippen LogP contribution >= 0.6 is 15.9 Å². The number of amides is 1. The number of halogens is 1. The van der Waals surface area contributed by atoms with Crippen molar-refractivity contribution >= 4 is 33.5 Å². The van der Waals surface area contributed by atoms with Crippen LogP contribution in [0.1, 0.15) is 26.3 Å². The van der Waals surface area contributed by atoms with E-state index in [2.05, 4.69) is 21.2 Å². The molecule has 0 heterocycles. The molecule has 6 heteroatoms. The Morgan fingerprint density at radius 3 is 2.57 bits per heavy atom. The van der Waals surface area contributed by atoms with Gasteiger partial charge in [-0.25, -0.2) is 4.79 Å². The molecule has 0 fully saturated rings. The van der Waals surface area contributed by atoms with E-state index in [4.69, 9.17) is 10.8 Å². The van der Waals surface area contributed by atoms with Gasteiger partial charge in [0, 0.05) is 22.3 Å². The Morgan fingerprint density at radius 1 is 1.14 bits per heavy atom. The minimum atomic E-state index is -0.995. The summed E-state index contributed by atoms with van der Waals surface area (Å²) in [4.78, 5) is 22.9. The topological polar surface area (TPSA) is 92.4 Å². The van der Waals surface area contributed by atoms with E-state index in [0.717, 1.165) is 5.56 Å². The number of hydrogen-bond donors (Lipinski definition) is 3. The average molecular weight is 349 g/mol. The molecule has 0 spiro atoms. The molecule has 4 N–H and O–H groups in total. The first-order valence-electron chi connectivity index (χ1n) is 6.13. The van der Waals surface area contributed by atoms with Crippen LogP contribution in [0.5, 0.6) is 0 Å². The average Bonchev–Trinajstić information content (AvgIpc) is 2.48. The molecular weight excluding hydrogens is 336 g/mol. The number of aromatic carboxylic acids is 1. The molecular formula is C15H13BrN2O3. The molecule has 0 radical (unpaired) electrons. The molecule has 1 amide bonds. The van der Waals surface area contributed by atoms with Gasteiger partial charge in [0.1, 0.15) is 0 Å². The summed E-state index contributed by atoms with van der Waals surface area (Å²) in [5.41, 5.74) is 7.61. The summed E-state index contributed by atoms with van der Waals surface area (Å²) in [6.07, 6.45) is 0. The van der Waals surface area contributed by atoms with Gasteiger partial charge in [-0.1, -0.05) is 12.1 Å². The number of carbonyl (C=O) groups excluding carboxylic acids is 1. The third kappa shape index (κ3) is 3.82. The molecule has 0 aromatic heterocycles. The van der Waals surface area contributed by atoms with Crippen LogP contribution in [0.3, 0.4) is 0 Å². The Labute approximate surface area is 129 Å². The van der Waals surface area contributed by atoms with Crippen molar-refractivity contribution in [2.45, 2.75) is 6.54 Å². The van der Waals surface area contributed by atoms with Crippen molar-refractivity contribution in [2.24, 2.45) is 0 Å². The molecule has 0 atom stereocenters. The Balaban J connectivity index is 2.05. The molecule has 5 nitrogen and oxygen atoms in total. The lowest BCUT2D eigenvalue weighted by Crippen LogP contribution is -2.23. The van der Waals surface area contributed by atoms with E-state index in [0.29, 0.717) is 15.7 Å². The number of nitrogen functional groups attached to an aromatic ring is 1. The molecule has 0 unspecified atom stereocenters. The number of carbonyl (C=O) groups is 2. The van der Waals surface area contributed by atoms with Gasteiger partial charge in [0.05, 0.1) is 5.56 Å². The largest absolute Gasteiger partial charge is 0.478 e. The second-order valence-electron chi connectivity index (χ2n) is 4.42. The van der Waals surface area contributed by atoms with Crippen LogP contribution in [0.15, 0.2) is 46.9 Å². The fraction of sp³-hybridized carbons (Fsp3) is 0.0667. The molecule has 0 saturated carbocycles. The van der Waals surface area contributed by atoms with Crippen molar-refractivity contribution in [3.8, 4) is 0 Å². The van der Waals surface area contributed by atoms with Crippen molar-refractivity contribution < 1.29 is 14.7 Å². The van der Waals surface area contributed by atoms with Gasteiger partial charge in [-0.2, -0.15) is 0 Å². The molecule has 108 valence electrons. The number of rotatable bonds is 4. The van der Waals surface area contributed by atoms with E-state index in [1.54, 1.807) is 30.3 Å². The van der Waals surface area contributed by atoms with Crippen molar-refractivity contribution in [1.29, 1.82) is 0 Å². The zero-order valence-corrected chi connectivity index (χ0v) is 12.6. The Bertz CT molecular complexity index is 701. The van der Waals surface area contributed by atoms with Crippen LogP contribution in [0.25, 0.3) is 0 Å². The molecule has 2 aromatic rings. The maximum atomic E-state index is 12.0. The fourth-order valence-corrected chi connectivity index (χ4v) is 2.15. The lowest BCUT2D eigenvalue weighted by Gasteiger charge is -2.07. The number of nitrogens with one attached hydrogen (secondary N) is 1. The van der Waals surface area contributed by atoms with Gasteiger partial charge in [0.2, 0.25) is 0 Å². The van der Waals surface area contributed by atoms with Gasteiger partial charge in [-0.05, 0) is 51.8 Å². The summed E-state index contributed by atoms with van der Waals surface area (Å²) >= 11 is 3.27. The highest BCUT2D eigenvalue weighted by Crippen LogP contribution is 2.20. The Morgan fingerprint density at radius 2 is 1.90 bits per heavy atom. The van der Waals surface area contributed by atoms with Gasteiger partial charge < -0.3 is 16.2 Å². The van der Waals surface area contributed by atoms with E-state index in [1.807, 2.05) is 0 Å². The number of benzene rings is 2. The first kappa shape index (κ1) is 15.1. The van der Waals surface area contributed by atoms with Crippen LogP contribution in [0, 0.1) is 0 Å². The second-order valence-corrected chi connectivity index (χ2v) is 5.28. The smallest absolute Gasteiger partial charge is 0.335 e. The van der Waals surface area contributed by atoms with E-state index >= 15 is 0 Å². The normalized spacial score (nSPS) is 10.1. The summed E-state index contributed by atoms with van der Waals surface area (Å²) < 4.78 is 0.656.